The molecule has 17 heavy (non-hydrogen) atoms. The van der Waals surface area contributed by atoms with Crippen LogP contribution in [0.4, 0.5) is 5.82 Å². The number of carbonyl (C=O) groups excluding carboxylic acids is 1. The Balaban J connectivity index is 2.46. The molecule has 0 bridgehead atoms. The van der Waals surface area contributed by atoms with Crippen LogP contribution in [-0.4, -0.2) is 42.2 Å². The van der Waals surface area contributed by atoms with Crippen LogP contribution < -0.4 is 10.6 Å². The van der Waals surface area contributed by atoms with Crippen molar-refractivity contribution in [2.45, 2.75) is 19.9 Å². The Labute approximate surface area is 101 Å². The molecular formula is C11H18N4O2. The molecule has 0 aliphatic rings. The topological polar surface area (TPSA) is 76.1 Å². The molecule has 0 aromatic carbocycles. The second kappa shape index (κ2) is 6.80. The highest BCUT2D eigenvalue weighted by atomic mass is 16.5. The van der Waals surface area contributed by atoms with Gasteiger partial charge in [-0.15, -0.1) is 0 Å². The fraction of sp³-hybridized carbons (Fsp3) is 0.545. The van der Waals surface area contributed by atoms with Crippen LogP contribution in [0.5, 0.6) is 0 Å². The molecule has 0 spiro atoms. The number of methoxy groups -OCH3 is 1. The van der Waals surface area contributed by atoms with Gasteiger partial charge in [-0.05, 0) is 13.8 Å². The van der Waals surface area contributed by atoms with E-state index in [2.05, 4.69) is 20.6 Å². The van der Waals surface area contributed by atoms with Crippen molar-refractivity contribution in [1.29, 1.82) is 0 Å². The molecule has 1 unspecified atom stereocenters. The van der Waals surface area contributed by atoms with Crippen molar-refractivity contribution in [3.8, 4) is 0 Å². The second-order valence-corrected chi connectivity index (χ2v) is 3.64. The molecule has 94 valence electrons. The molecule has 1 heterocycles. The second-order valence-electron chi connectivity index (χ2n) is 3.64. The number of nitrogens with zero attached hydrogens (tertiary/aromatic N) is 2. The van der Waals surface area contributed by atoms with Crippen LogP contribution in [0.25, 0.3) is 0 Å². The number of rotatable bonds is 6. The van der Waals surface area contributed by atoms with E-state index in [9.17, 15) is 4.79 Å². The number of anilines is 1. The molecule has 0 saturated carbocycles. The number of ether oxygens (including phenoxy) is 1. The van der Waals surface area contributed by atoms with Gasteiger partial charge in [-0.1, -0.05) is 0 Å². The molecule has 6 nitrogen and oxygen atoms in total. The smallest absolute Gasteiger partial charge is 0.242 e. The highest BCUT2D eigenvalue weighted by Gasteiger charge is 2.13. The van der Waals surface area contributed by atoms with Crippen LogP contribution in [0.15, 0.2) is 12.4 Å². The lowest BCUT2D eigenvalue weighted by atomic mass is 10.3. The highest BCUT2D eigenvalue weighted by Crippen LogP contribution is 2.07. The summed E-state index contributed by atoms with van der Waals surface area (Å²) in [6, 6.07) is -0.359. The molecule has 1 atom stereocenters. The first kappa shape index (κ1) is 13.4. The van der Waals surface area contributed by atoms with E-state index in [1.165, 1.54) is 0 Å². The third-order valence-corrected chi connectivity index (χ3v) is 2.23. The Hall–Kier alpha value is -1.69. The van der Waals surface area contributed by atoms with Gasteiger partial charge in [0.2, 0.25) is 5.91 Å². The summed E-state index contributed by atoms with van der Waals surface area (Å²) < 4.78 is 4.85. The van der Waals surface area contributed by atoms with E-state index in [1.54, 1.807) is 26.4 Å². The van der Waals surface area contributed by atoms with Gasteiger partial charge in [0.25, 0.3) is 0 Å². The molecule has 1 aromatic heterocycles. The van der Waals surface area contributed by atoms with Gasteiger partial charge in [0.1, 0.15) is 11.9 Å². The Morgan fingerprint density at radius 1 is 1.47 bits per heavy atom. The van der Waals surface area contributed by atoms with Crippen molar-refractivity contribution in [2.75, 3.05) is 25.6 Å². The number of carbonyl (C=O) groups is 1. The lowest BCUT2D eigenvalue weighted by Crippen LogP contribution is -2.39. The van der Waals surface area contributed by atoms with Gasteiger partial charge in [0.05, 0.1) is 12.3 Å². The van der Waals surface area contributed by atoms with Crippen LogP contribution >= 0.6 is 0 Å². The monoisotopic (exact) mass is 238 g/mol. The predicted molar refractivity (Wildman–Crippen MR) is 64.7 cm³/mol. The molecule has 6 heteroatoms. The zero-order valence-electron chi connectivity index (χ0n) is 10.4. The first-order valence-corrected chi connectivity index (χ1v) is 5.46. The number of amides is 1. The third-order valence-electron chi connectivity index (χ3n) is 2.23. The fourth-order valence-electron chi connectivity index (χ4n) is 1.25. The summed E-state index contributed by atoms with van der Waals surface area (Å²) in [5.41, 5.74) is 0.768. The molecule has 0 fully saturated rings. The van der Waals surface area contributed by atoms with E-state index in [1.807, 2.05) is 6.92 Å². The first-order chi connectivity index (χ1) is 8.15. The summed E-state index contributed by atoms with van der Waals surface area (Å²) in [5, 5.41) is 5.76. The van der Waals surface area contributed by atoms with Gasteiger partial charge in [-0.25, -0.2) is 4.98 Å². The summed E-state index contributed by atoms with van der Waals surface area (Å²) in [7, 11) is 1.59. The Morgan fingerprint density at radius 3 is 2.82 bits per heavy atom. The molecule has 1 aromatic rings. The lowest BCUT2D eigenvalue weighted by molar-refractivity contribution is -0.121. The van der Waals surface area contributed by atoms with Gasteiger partial charge in [0, 0.05) is 26.0 Å². The Kier molecular flexibility index (Phi) is 5.35. The molecule has 1 rings (SSSR count). The fourth-order valence-corrected chi connectivity index (χ4v) is 1.25. The number of nitrogens with one attached hydrogen (secondary N) is 2. The van der Waals surface area contributed by atoms with Crippen LogP contribution in [0.2, 0.25) is 0 Å². The zero-order valence-corrected chi connectivity index (χ0v) is 10.4. The summed E-state index contributed by atoms with van der Waals surface area (Å²) in [6.45, 7) is 4.62. The van der Waals surface area contributed by atoms with Crippen molar-refractivity contribution < 1.29 is 9.53 Å². The van der Waals surface area contributed by atoms with Gasteiger partial charge in [-0.2, -0.15) is 0 Å². The predicted octanol–water partition coefficient (Wildman–Crippen LogP) is 0.348. The summed E-state index contributed by atoms with van der Waals surface area (Å²) in [5.74, 6) is 0.536. The SMILES string of the molecule is COCCNC(=O)C(C)Nc1nccnc1C. The third kappa shape index (κ3) is 4.36. The van der Waals surface area contributed by atoms with Crippen molar-refractivity contribution in [1.82, 2.24) is 15.3 Å². The largest absolute Gasteiger partial charge is 0.383 e. The number of hydrogen-bond acceptors (Lipinski definition) is 5. The van der Waals surface area contributed by atoms with Crippen molar-refractivity contribution in [3.05, 3.63) is 18.1 Å². The lowest BCUT2D eigenvalue weighted by Gasteiger charge is -2.15. The maximum absolute atomic E-state index is 11.7. The van der Waals surface area contributed by atoms with E-state index in [0.717, 1.165) is 5.69 Å². The summed E-state index contributed by atoms with van der Waals surface area (Å²) in [6.07, 6.45) is 3.20. The molecular weight excluding hydrogens is 220 g/mol. The maximum Gasteiger partial charge on any atom is 0.242 e. The average molecular weight is 238 g/mol. The minimum Gasteiger partial charge on any atom is -0.383 e. The van der Waals surface area contributed by atoms with Crippen molar-refractivity contribution in [3.63, 3.8) is 0 Å². The molecule has 0 saturated heterocycles. The van der Waals surface area contributed by atoms with Crippen molar-refractivity contribution >= 4 is 11.7 Å². The zero-order chi connectivity index (χ0) is 12.7. The Morgan fingerprint density at radius 2 is 2.18 bits per heavy atom. The first-order valence-electron chi connectivity index (χ1n) is 5.46. The summed E-state index contributed by atoms with van der Waals surface area (Å²) >= 11 is 0. The van der Waals surface area contributed by atoms with Crippen LogP contribution in [-0.2, 0) is 9.53 Å². The molecule has 0 aliphatic heterocycles. The van der Waals surface area contributed by atoms with Crippen LogP contribution in [0, 0.1) is 6.92 Å². The maximum atomic E-state index is 11.7. The van der Waals surface area contributed by atoms with Gasteiger partial charge in [-0.3, -0.25) is 9.78 Å². The van der Waals surface area contributed by atoms with E-state index < -0.39 is 0 Å². The van der Waals surface area contributed by atoms with Gasteiger partial charge < -0.3 is 15.4 Å². The van der Waals surface area contributed by atoms with Crippen LogP contribution in [0.3, 0.4) is 0 Å². The Bertz CT molecular complexity index is 370. The quantitative estimate of drug-likeness (QED) is 0.699. The number of aryl methyl sites for hydroxylation is 1. The molecule has 2 N–H and O–H groups in total. The molecule has 0 aliphatic carbocycles. The van der Waals surface area contributed by atoms with Crippen LogP contribution in [0.1, 0.15) is 12.6 Å². The minimum absolute atomic E-state index is 0.0906. The van der Waals surface area contributed by atoms with Crippen molar-refractivity contribution in [2.24, 2.45) is 0 Å². The van der Waals surface area contributed by atoms with E-state index in [-0.39, 0.29) is 11.9 Å². The summed E-state index contributed by atoms with van der Waals surface area (Å²) in [4.78, 5) is 19.9. The minimum atomic E-state index is -0.359. The molecule has 0 radical (unpaired) electrons. The van der Waals surface area contributed by atoms with E-state index in [0.29, 0.717) is 19.0 Å². The van der Waals surface area contributed by atoms with Gasteiger partial charge >= 0.3 is 0 Å². The van der Waals surface area contributed by atoms with E-state index in [4.69, 9.17) is 4.74 Å². The van der Waals surface area contributed by atoms with Gasteiger partial charge in [0.15, 0.2) is 0 Å². The molecule has 1 amide bonds. The highest BCUT2D eigenvalue weighted by molar-refractivity contribution is 5.83. The van der Waals surface area contributed by atoms with E-state index >= 15 is 0 Å². The normalized spacial score (nSPS) is 11.9. The number of hydrogen-bond donors (Lipinski definition) is 2. The number of aromatic nitrogens is 2. The standard InChI is InChI=1S/C11H18N4O2/c1-8-10(13-5-4-12-8)15-9(2)11(16)14-6-7-17-3/h4-5,9H,6-7H2,1-3H3,(H,13,15)(H,14,16). The average Bonchev–Trinajstić information content (AvgIpc) is 2.32.